The molecular formula is C27H26F3N5O5S. The number of carbonyl (C=O) groups excluding carboxylic acids is 1. The Hall–Kier alpha value is -4.43. The number of nitrogens with two attached hydrogens (primary N) is 1. The number of benzene rings is 3. The van der Waals surface area contributed by atoms with E-state index in [2.05, 4.69) is 20.6 Å². The normalized spacial score (nSPS) is 11.7. The fourth-order valence-corrected chi connectivity index (χ4v) is 4.38. The number of rotatable bonds is 11. The predicted molar refractivity (Wildman–Crippen MR) is 147 cm³/mol. The van der Waals surface area contributed by atoms with Crippen molar-refractivity contribution in [2.24, 2.45) is 5.14 Å². The fraction of sp³-hybridized carbons (Fsp3) is 0.222. The molecule has 1 heterocycles. The standard InChI is InChI=1S/C27H26F3N5O5S/c1-39-23-15-22-21(26(33-16-32-22)35-19-6-4-5-17(13-19)27(28,29)30)14-24(23)40-12-3-2-7-25(36)34-18-8-10-20(11-9-18)41(31,37)38/h4-6,8-11,13-16H,2-3,7,12H2,1H3,(H,34,36)(H2,31,37,38)(H,32,33,35). The molecule has 14 heteroatoms. The van der Waals surface area contributed by atoms with Crippen LogP contribution in [0.1, 0.15) is 24.8 Å². The number of aromatic nitrogens is 2. The summed E-state index contributed by atoms with van der Waals surface area (Å²) >= 11 is 0. The van der Waals surface area contributed by atoms with Gasteiger partial charge in [0.1, 0.15) is 12.1 Å². The van der Waals surface area contributed by atoms with Crippen molar-refractivity contribution in [1.82, 2.24) is 9.97 Å². The summed E-state index contributed by atoms with van der Waals surface area (Å²) in [6.45, 7) is 0.252. The molecule has 0 saturated heterocycles. The fourth-order valence-electron chi connectivity index (χ4n) is 3.87. The van der Waals surface area contributed by atoms with Crippen LogP contribution in [-0.2, 0) is 21.0 Å². The van der Waals surface area contributed by atoms with Crippen LogP contribution >= 0.6 is 0 Å². The Balaban J connectivity index is 1.37. The molecule has 10 nitrogen and oxygen atoms in total. The van der Waals surface area contributed by atoms with Crippen LogP contribution in [0, 0.1) is 0 Å². The molecule has 0 bridgehead atoms. The van der Waals surface area contributed by atoms with E-state index in [0.29, 0.717) is 40.9 Å². The van der Waals surface area contributed by atoms with E-state index in [0.717, 1.165) is 12.1 Å². The van der Waals surface area contributed by atoms with Crippen LogP contribution in [0.15, 0.2) is 71.9 Å². The second-order valence-electron chi connectivity index (χ2n) is 8.87. The lowest BCUT2D eigenvalue weighted by molar-refractivity contribution is -0.137. The average Bonchev–Trinajstić information content (AvgIpc) is 2.92. The molecule has 0 aliphatic carbocycles. The summed E-state index contributed by atoms with van der Waals surface area (Å²) in [6.07, 6.45) is -1.96. The van der Waals surface area contributed by atoms with Gasteiger partial charge in [-0.25, -0.2) is 23.5 Å². The van der Waals surface area contributed by atoms with Gasteiger partial charge in [-0.1, -0.05) is 6.07 Å². The Morgan fingerprint density at radius 1 is 0.976 bits per heavy atom. The van der Waals surface area contributed by atoms with Gasteiger partial charge < -0.3 is 20.1 Å². The number of methoxy groups -OCH3 is 1. The van der Waals surface area contributed by atoms with Gasteiger partial charge in [0.05, 0.1) is 29.7 Å². The van der Waals surface area contributed by atoms with Crippen LogP contribution in [0.25, 0.3) is 10.9 Å². The smallest absolute Gasteiger partial charge is 0.416 e. The summed E-state index contributed by atoms with van der Waals surface area (Å²) in [5, 5.41) is 11.2. The average molecular weight is 590 g/mol. The number of hydrogen-bond acceptors (Lipinski definition) is 8. The number of carbonyl (C=O) groups is 1. The summed E-state index contributed by atoms with van der Waals surface area (Å²) in [5.41, 5.74) is 0.348. The number of hydrogen-bond donors (Lipinski definition) is 3. The second kappa shape index (κ2) is 12.4. The lowest BCUT2D eigenvalue weighted by Crippen LogP contribution is -2.13. The Kier molecular flexibility index (Phi) is 8.93. The van der Waals surface area contributed by atoms with Crippen LogP contribution in [-0.4, -0.2) is 38.0 Å². The maximum absolute atomic E-state index is 13.1. The van der Waals surface area contributed by atoms with E-state index in [-0.39, 0.29) is 35.3 Å². The highest BCUT2D eigenvalue weighted by Gasteiger charge is 2.30. The minimum absolute atomic E-state index is 0.0538. The molecule has 0 saturated carbocycles. The molecule has 0 radical (unpaired) electrons. The zero-order chi connectivity index (χ0) is 29.6. The molecule has 3 aromatic carbocycles. The van der Waals surface area contributed by atoms with Gasteiger partial charge in [-0.05, 0) is 61.4 Å². The first-order chi connectivity index (χ1) is 19.4. The van der Waals surface area contributed by atoms with E-state index in [9.17, 15) is 26.4 Å². The van der Waals surface area contributed by atoms with Crippen molar-refractivity contribution < 1.29 is 35.9 Å². The van der Waals surface area contributed by atoms with E-state index >= 15 is 0 Å². The maximum Gasteiger partial charge on any atom is 0.416 e. The van der Waals surface area contributed by atoms with Crippen molar-refractivity contribution >= 4 is 44.0 Å². The monoisotopic (exact) mass is 589 g/mol. The third-order valence-electron chi connectivity index (χ3n) is 5.90. The number of primary sulfonamides is 1. The van der Waals surface area contributed by atoms with Crippen LogP contribution < -0.4 is 25.2 Å². The van der Waals surface area contributed by atoms with Gasteiger partial charge in [-0.3, -0.25) is 4.79 Å². The number of sulfonamides is 1. The van der Waals surface area contributed by atoms with Crippen LogP contribution in [0.3, 0.4) is 0 Å². The van der Waals surface area contributed by atoms with Crippen molar-refractivity contribution in [1.29, 1.82) is 0 Å². The quantitative estimate of drug-likeness (QED) is 0.202. The molecule has 0 unspecified atom stereocenters. The largest absolute Gasteiger partial charge is 0.493 e. The Labute approximate surface area is 233 Å². The highest BCUT2D eigenvalue weighted by molar-refractivity contribution is 7.89. The number of fused-ring (bicyclic) bond motifs is 1. The topological polar surface area (TPSA) is 146 Å². The SMILES string of the molecule is COc1cc2ncnc(Nc3cccc(C(F)(F)F)c3)c2cc1OCCCCC(=O)Nc1ccc(S(N)(=O)=O)cc1. The van der Waals surface area contributed by atoms with E-state index in [1.54, 1.807) is 12.1 Å². The van der Waals surface area contributed by atoms with Gasteiger partial charge in [0, 0.05) is 29.2 Å². The molecule has 4 rings (SSSR count). The molecule has 1 amide bonds. The number of nitrogens with zero attached hydrogens (tertiary/aromatic N) is 2. The van der Waals surface area contributed by atoms with Crippen molar-refractivity contribution in [3.8, 4) is 11.5 Å². The van der Waals surface area contributed by atoms with Crippen molar-refractivity contribution in [2.75, 3.05) is 24.4 Å². The molecule has 4 aromatic rings. The number of amides is 1. The van der Waals surface area contributed by atoms with Crippen LogP contribution in [0.2, 0.25) is 0 Å². The van der Waals surface area contributed by atoms with E-state index in [4.69, 9.17) is 14.6 Å². The van der Waals surface area contributed by atoms with E-state index < -0.39 is 21.8 Å². The Bertz CT molecular complexity index is 1650. The van der Waals surface area contributed by atoms with Gasteiger partial charge >= 0.3 is 6.18 Å². The molecule has 0 fully saturated rings. The van der Waals surface area contributed by atoms with Crippen molar-refractivity contribution in [3.05, 3.63) is 72.6 Å². The van der Waals surface area contributed by atoms with Gasteiger partial charge in [0.2, 0.25) is 15.9 Å². The number of nitrogens with one attached hydrogen (secondary N) is 2. The zero-order valence-electron chi connectivity index (χ0n) is 21.7. The Morgan fingerprint density at radius 3 is 2.41 bits per heavy atom. The number of halogens is 3. The molecule has 0 atom stereocenters. The zero-order valence-corrected chi connectivity index (χ0v) is 22.6. The highest BCUT2D eigenvalue weighted by Crippen LogP contribution is 2.36. The van der Waals surface area contributed by atoms with Crippen molar-refractivity contribution in [2.45, 2.75) is 30.3 Å². The summed E-state index contributed by atoms with van der Waals surface area (Å²) in [6, 6.07) is 13.6. The lowest BCUT2D eigenvalue weighted by Gasteiger charge is -2.14. The number of unbranched alkanes of at least 4 members (excludes halogenated alkanes) is 1. The third-order valence-corrected chi connectivity index (χ3v) is 6.82. The van der Waals surface area contributed by atoms with Gasteiger partial charge in [-0.2, -0.15) is 13.2 Å². The lowest BCUT2D eigenvalue weighted by atomic mass is 10.1. The minimum Gasteiger partial charge on any atom is -0.493 e. The molecule has 216 valence electrons. The summed E-state index contributed by atoms with van der Waals surface area (Å²) in [4.78, 5) is 20.6. The number of anilines is 3. The molecule has 41 heavy (non-hydrogen) atoms. The second-order valence-corrected chi connectivity index (χ2v) is 10.4. The minimum atomic E-state index is -4.48. The van der Waals surface area contributed by atoms with Crippen LogP contribution in [0.4, 0.5) is 30.4 Å². The van der Waals surface area contributed by atoms with Gasteiger partial charge in [-0.15, -0.1) is 0 Å². The first-order valence-electron chi connectivity index (χ1n) is 12.3. The third kappa shape index (κ3) is 7.83. The number of alkyl halides is 3. The predicted octanol–water partition coefficient (Wildman–Crippen LogP) is 5.24. The molecule has 4 N–H and O–H groups in total. The highest BCUT2D eigenvalue weighted by atomic mass is 32.2. The van der Waals surface area contributed by atoms with Crippen LogP contribution in [0.5, 0.6) is 11.5 Å². The van der Waals surface area contributed by atoms with Gasteiger partial charge in [0.25, 0.3) is 0 Å². The summed E-state index contributed by atoms with van der Waals surface area (Å²) in [7, 11) is -2.35. The molecule has 0 spiro atoms. The Morgan fingerprint density at radius 2 is 1.73 bits per heavy atom. The van der Waals surface area contributed by atoms with Crippen molar-refractivity contribution in [3.63, 3.8) is 0 Å². The maximum atomic E-state index is 13.1. The first-order valence-corrected chi connectivity index (χ1v) is 13.8. The molecule has 0 aliphatic heterocycles. The summed E-state index contributed by atoms with van der Waals surface area (Å²) in [5.74, 6) is 0.817. The number of ether oxygens (including phenoxy) is 2. The van der Waals surface area contributed by atoms with Gasteiger partial charge in [0.15, 0.2) is 11.5 Å². The van der Waals surface area contributed by atoms with E-state index in [1.165, 1.54) is 49.8 Å². The molecule has 0 aliphatic rings. The molecule has 1 aromatic heterocycles. The van der Waals surface area contributed by atoms with E-state index in [1.807, 2.05) is 0 Å². The first kappa shape index (κ1) is 29.6. The molecular weight excluding hydrogens is 563 g/mol. The summed E-state index contributed by atoms with van der Waals surface area (Å²) < 4.78 is 73.4.